The molecular weight excluding hydrogens is 222 g/mol. The predicted octanol–water partition coefficient (Wildman–Crippen LogP) is 1.37. The van der Waals surface area contributed by atoms with Crippen LogP contribution in [0.25, 0.3) is 0 Å². The van der Waals surface area contributed by atoms with Gasteiger partial charge in [0, 0.05) is 31.8 Å². The molecule has 0 aliphatic carbocycles. The van der Waals surface area contributed by atoms with E-state index in [1.807, 2.05) is 0 Å². The fraction of sp³-hybridized carbons (Fsp3) is 0.364. The van der Waals surface area contributed by atoms with E-state index in [1.54, 1.807) is 17.0 Å². The van der Waals surface area contributed by atoms with Gasteiger partial charge in [0.15, 0.2) is 0 Å². The van der Waals surface area contributed by atoms with Crippen molar-refractivity contribution >= 4 is 17.3 Å². The minimum atomic E-state index is -0.413. The van der Waals surface area contributed by atoms with Gasteiger partial charge in [-0.3, -0.25) is 14.9 Å². The van der Waals surface area contributed by atoms with E-state index in [2.05, 4.69) is 5.32 Å². The van der Waals surface area contributed by atoms with Crippen molar-refractivity contribution in [3.63, 3.8) is 0 Å². The largest absolute Gasteiger partial charge is 0.383 e. The quantitative estimate of drug-likeness (QED) is 0.589. The number of hydrogen-bond acceptors (Lipinski definition) is 4. The van der Waals surface area contributed by atoms with Gasteiger partial charge in [-0.05, 0) is 6.07 Å². The molecule has 0 saturated heterocycles. The standard InChI is InChI=1S/C11H13N3O3/c1-8(15)13-6-5-12-10-3-2-4-11(14(16)17)9(10)7-13/h2-4,12H,5-7H2,1H3. The van der Waals surface area contributed by atoms with Crippen LogP contribution in [0.15, 0.2) is 18.2 Å². The summed E-state index contributed by atoms with van der Waals surface area (Å²) in [7, 11) is 0. The molecule has 0 fully saturated rings. The van der Waals surface area contributed by atoms with Gasteiger partial charge in [0.1, 0.15) is 0 Å². The molecule has 0 unspecified atom stereocenters. The van der Waals surface area contributed by atoms with Crippen LogP contribution in [0.5, 0.6) is 0 Å². The first-order chi connectivity index (χ1) is 8.09. The number of carbonyl (C=O) groups is 1. The Morgan fingerprint density at radius 1 is 1.53 bits per heavy atom. The van der Waals surface area contributed by atoms with Crippen LogP contribution < -0.4 is 5.32 Å². The lowest BCUT2D eigenvalue weighted by Crippen LogP contribution is -2.30. The zero-order valence-corrected chi connectivity index (χ0v) is 9.47. The molecule has 1 aliphatic rings. The summed E-state index contributed by atoms with van der Waals surface area (Å²) in [4.78, 5) is 23.5. The van der Waals surface area contributed by atoms with Crippen molar-refractivity contribution in [2.75, 3.05) is 18.4 Å². The molecule has 0 atom stereocenters. The second-order valence-corrected chi connectivity index (χ2v) is 3.93. The fourth-order valence-corrected chi connectivity index (χ4v) is 1.94. The zero-order chi connectivity index (χ0) is 12.4. The van der Waals surface area contributed by atoms with Crippen molar-refractivity contribution in [2.24, 2.45) is 0 Å². The summed E-state index contributed by atoms with van der Waals surface area (Å²) in [5.74, 6) is -0.0715. The van der Waals surface area contributed by atoms with Crippen molar-refractivity contribution in [1.29, 1.82) is 0 Å². The highest BCUT2D eigenvalue weighted by molar-refractivity contribution is 5.74. The van der Waals surface area contributed by atoms with Crippen molar-refractivity contribution in [1.82, 2.24) is 4.90 Å². The third-order valence-corrected chi connectivity index (χ3v) is 2.84. The summed E-state index contributed by atoms with van der Waals surface area (Å²) < 4.78 is 0. The number of rotatable bonds is 1. The average Bonchev–Trinajstić information content (AvgIpc) is 2.49. The highest BCUT2D eigenvalue weighted by Crippen LogP contribution is 2.29. The smallest absolute Gasteiger partial charge is 0.276 e. The Morgan fingerprint density at radius 2 is 2.29 bits per heavy atom. The van der Waals surface area contributed by atoms with Gasteiger partial charge in [0.05, 0.1) is 17.0 Å². The van der Waals surface area contributed by atoms with Crippen LogP contribution in [0.3, 0.4) is 0 Å². The molecule has 17 heavy (non-hydrogen) atoms. The molecule has 0 spiro atoms. The van der Waals surface area contributed by atoms with E-state index in [0.29, 0.717) is 18.7 Å². The first-order valence-corrected chi connectivity index (χ1v) is 5.35. The van der Waals surface area contributed by atoms with E-state index in [-0.39, 0.29) is 18.1 Å². The van der Waals surface area contributed by atoms with Gasteiger partial charge in [-0.1, -0.05) is 6.07 Å². The lowest BCUT2D eigenvalue weighted by molar-refractivity contribution is -0.385. The Kier molecular flexibility index (Phi) is 2.95. The van der Waals surface area contributed by atoms with E-state index in [4.69, 9.17) is 0 Å². The van der Waals surface area contributed by atoms with E-state index in [0.717, 1.165) is 5.69 Å². The van der Waals surface area contributed by atoms with E-state index < -0.39 is 4.92 Å². The van der Waals surface area contributed by atoms with Gasteiger partial charge in [-0.25, -0.2) is 0 Å². The van der Waals surface area contributed by atoms with Gasteiger partial charge in [-0.2, -0.15) is 0 Å². The van der Waals surface area contributed by atoms with E-state index >= 15 is 0 Å². The monoisotopic (exact) mass is 235 g/mol. The van der Waals surface area contributed by atoms with E-state index in [9.17, 15) is 14.9 Å². The molecule has 0 bridgehead atoms. The molecule has 1 aliphatic heterocycles. The minimum Gasteiger partial charge on any atom is -0.383 e. The highest BCUT2D eigenvalue weighted by Gasteiger charge is 2.23. The maximum Gasteiger partial charge on any atom is 0.276 e. The lowest BCUT2D eigenvalue weighted by Gasteiger charge is -2.17. The summed E-state index contributed by atoms with van der Waals surface area (Å²) in [6, 6.07) is 4.91. The number of hydrogen-bond donors (Lipinski definition) is 1. The summed E-state index contributed by atoms with van der Waals surface area (Å²) in [6.07, 6.45) is 0. The summed E-state index contributed by atoms with van der Waals surface area (Å²) in [5, 5.41) is 14.0. The van der Waals surface area contributed by atoms with Crippen LogP contribution in [0.4, 0.5) is 11.4 Å². The minimum absolute atomic E-state index is 0.0585. The average molecular weight is 235 g/mol. The molecule has 0 aromatic heterocycles. The van der Waals surface area contributed by atoms with Crippen LogP contribution in [-0.2, 0) is 11.3 Å². The van der Waals surface area contributed by atoms with Crippen LogP contribution in [0, 0.1) is 10.1 Å². The molecule has 0 saturated carbocycles. The van der Waals surface area contributed by atoms with Gasteiger partial charge in [0.25, 0.3) is 5.69 Å². The number of nitro benzene ring substituents is 1. The van der Waals surface area contributed by atoms with Crippen LogP contribution in [0.2, 0.25) is 0 Å². The van der Waals surface area contributed by atoms with Gasteiger partial charge < -0.3 is 10.2 Å². The maximum atomic E-state index is 11.4. The summed E-state index contributed by atoms with van der Waals surface area (Å²) in [5.41, 5.74) is 1.37. The number of nitrogens with zero attached hydrogens (tertiary/aromatic N) is 2. The summed E-state index contributed by atoms with van der Waals surface area (Å²) >= 11 is 0. The second-order valence-electron chi connectivity index (χ2n) is 3.93. The van der Waals surface area contributed by atoms with Crippen LogP contribution in [0.1, 0.15) is 12.5 Å². The Hall–Kier alpha value is -2.11. The maximum absolute atomic E-state index is 11.4. The topological polar surface area (TPSA) is 75.5 Å². The number of anilines is 1. The predicted molar refractivity (Wildman–Crippen MR) is 62.7 cm³/mol. The molecular formula is C11H13N3O3. The molecule has 1 amide bonds. The van der Waals surface area contributed by atoms with Crippen molar-refractivity contribution in [2.45, 2.75) is 13.5 Å². The molecule has 1 aromatic rings. The Bertz CT molecular complexity index is 473. The third kappa shape index (κ3) is 2.20. The second kappa shape index (κ2) is 4.40. The van der Waals surface area contributed by atoms with Gasteiger partial charge >= 0.3 is 0 Å². The van der Waals surface area contributed by atoms with Crippen molar-refractivity contribution in [3.05, 3.63) is 33.9 Å². The molecule has 1 heterocycles. The molecule has 90 valence electrons. The van der Waals surface area contributed by atoms with Crippen molar-refractivity contribution < 1.29 is 9.72 Å². The number of fused-ring (bicyclic) bond motifs is 1. The number of benzene rings is 1. The number of amides is 1. The molecule has 2 rings (SSSR count). The number of carbonyl (C=O) groups excluding carboxylic acids is 1. The Morgan fingerprint density at radius 3 is 2.94 bits per heavy atom. The Labute approximate surface area is 98.4 Å². The number of nitro groups is 1. The normalized spacial score (nSPS) is 14.5. The third-order valence-electron chi connectivity index (χ3n) is 2.84. The van der Waals surface area contributed by atoms with Crippen LogP contribution >= 0.6 is 0 Å². The van der Waals surface area contributed by atoms with Crippen LogP contribution in [-0.4, -0.2) is 28.8 Å². The van der Waals surface area contributed by atoms with Crippen molar-refractivity contribution in [3.8, 4) is 0 Å². The summed E-state index contributed by atoms with van der Waals surface area (Å²) in [6.45, 7) is 2.92. The van der Waals surface area contributed by atoms with Gasteiger partial charge in [-0.15, -0.1) is 0 Å². The highest BCUT2D eigenvalue weighted by atomic mass is 16.6. The fourth-order valence-electron chi connectivity index (χ4n) is 1.94. The molecule has 6 nitrogen and oxygen atoms in total. The molecule has 1 aromatic carbocycles. The molecule has 0 radical (unpaired) electrons. The number of nitrogens with one attached hydrogen (secondary N) is 1. The lowest BCUT2D eigenvalue weighted by atomic mass is 10.1. The van der Waals surface area contributed by atoms with Gasteiger partial charge in [0.2, 0.25) is 5.91 Å². The zero-order valence-electron chi connectivity index (χ0n) is 9.47. The first-order valence-electron chi connectivity index (χ1n) is 5.35. The molecule has 1 N–H and O–H groups in total. The SMILES string of the molecule is CC(=O)N1CCNc2cccc([N+](=O)[O-])c2C1. The first kappa shape index (κ1) is 11.4. The Balaban J connectivity index is 2.44. The molecule has 6 heteroatoms. The van der Waals surface area contributed by atoms with E-state index in [1.165, 1.54) is 13.0 Å².